The molecule has 0 aliphatic heterocycles. The molecule has 2 nitrogen and oxygen atoms in total. The Bertz CT molecular complexity index is 86.5. The molecule has 0 saturated carbocycles. The summed E-state index contributed by atoms with van der Waals surface area (Å²) in [6.07, 6.45) is 1.09. The fourth-order valence-corrected chi connectivity index (χ4v) is 0.325. The lowest BCUT2D eigenvalue weighted by atomic mass is 10.5. The smallest absolute Gasteiger partial charge is 0.117 e. The Morgan fingerprint density at radius 2 is 2.38 bits per heavy atom. The Hall–Kier alpha value is -0.790. The number of nitrogens with zero attached hydrogens (tertiary/aromatic N) is 1. The molecule has 1 N–H and O–H groups in total. The minimum Gasteiger partial charge on any atom is -0.371 e. The van der Waals surface area contributed by atoms with Crippen LogP contribution in [-0.4, -0.2) is 13.3 Å². The van der Waals surface area contributed by atoms with Crippen LogP contribution in [0, 0.1) is 0 Å². The summed E-state index contributed by atoms with van der Waals surface area (Å²) in [5.74, 6) is 0.659. The SMILES string of the molecule is C=NC(=C)NCCC. The third-order valence-electron chi connectivity index (χ3n) is 0.770. The van der Waals surface area contributed by atoms with Gasteiger partial charge < -0.3 is 5.32 Å². The third kappa shape index (κ3) is 3.40. The molecule has 8 heavy (non-hydrogen) atoms. The molecule has 0 aromatic heterocycles. The highest BCUT2D eigenvalue weighted by Crippen LogP contribution is 1.81. The molecular formula is C6H12N2. The van der Waals surface area contributed by atoms with Crippen LogP contribution in [0.1, 0.15) is 13.3 Å². The molecule has 0 spiro atoms. The van der Waals surface area contributed by atoms with Crippen LogP contribution in [0.4, 0.5) is 0 Å². The maximum atomic E-state index is 3.57. The van der Waals surface area contributed by atoms with Gasteiger partial charge in [-0.25, -0.2) is 4.99 Å². The van der Waals surface area contributed by atoms with Gasteiger partial charge in [-0.1, -0.05) is 13.5 Å². The van der Waals surface area contributed by atoms with E-state index in [0.717, 1.165) is 13.0 Å². The van der Waals surface area contributed by atoms with Crippen LogP contribution in [0.2, 0.25) is 0 Å². The maximum absolute atomic E-state index is 3.57. The minimum absolute atomic E-state index is 0.659. The molecule has 0 unspecified atom stereocenters. The van der Waals surface area contributed by atoms with Crippen molar-refractivity contribution in [1.29, 1.82) is 0 Å². The van der Waals surface area contributed by atoms with E-state index in [9.17, 15) is 0 Å². The van der Waals surface area contributed by atoms with Crippen LogP contribution < -0.4 is 5.32 Å². The normalized spacial score (nSPS) is 8.12. The number of rotatable bonds is 4. The molecule has 0 amide bonds. The lowest BCUT2D eigenvalue weighted by molar-refractivity contribution is 0.766. The molecule has 2 heteroatoms. The summed E-state index contributed by atoms with van der Waals surface area (Å²) in [6, 6.07) is 0. The van der Waals surface area contributed by atoms with E-state index in [1.807, 2.05) is 0 Å². The van der Waals surface area contributed by atoms with Gasteiger partial charge in [-0.3, -0.25) is 0 Å². The van der Waals surface area contributed by atoms with E-state index in [0.29, 0.717) is 5.82 Å². The number of hydrogen-bond donors (Lipinski definition) is 1. The van der Waals surface area contributed by atoms with Gasteiger partial charge >= 0.3 is 0 Å². The van der Waals surface area contributed by atoms with E-state index in [2.05, 4.69) is 30.5 Å². The number of nitrogens with one attached hydrogen (secondary N) is 1. The van der Waals surface area contributed by atoms with E-state index >= 15 is 0 Å². The summed E-state index contributed by atoms with van der Waals surface area (Å²) in [7, 11) is 0. The topological polar surface area (TPSA) is 24.4 Å². The first kappa shape index (κ1) is 7.21. The molecule has 46 valence electrons. The minimum atomic E-state index is 0.659. The summed E-state index contributed by atoms with van der Waals surface area (Å²) in [5, 5.41) is 2.96. The molecule has 0 aliphatic carbocycles. The summed E-state index contributed by atoms with van der Waals surface area (Å²) in [5.41, 5.74) is 0. The van der Waals surface area contributed by atoms with Gasteiger partial charge in [0, 0.05) is 6.54 Å². The van der Waals surface area contributed by atoms with Gasteiger partial charge in [0.05, 0.1) is 0 Å². The van der Waals surface area contributed by atoms with Gasteiger partial charge in [0.25, 0.3) is 0 Å². The van der Waals surface area contributed by atoms with Crippen molar-refractivity contribution in [2.45, 2.75) is 13.3 Å². The van der Waals surface area contributed by atoms with Crippen LogP contribution in [0.25, 0.3) is 0 Å². The van der Waals surface area contributed by atoms with Gasteiger partial charge in [0.1, 0.15) is 5.82 Å². The Morgan fingerprint density at radius 3 is 2.75 bits per heavy atom. The van der Waals surface area contributed by atoms with Crippen molar-refractivity contribution in [3.63, 3.8) is 0 Å². The van der Waals surface area contributed by atoms with Gasteiger partial charge in [-0.15, -0.1) is 0 Å². The van der Waals surface area contributed by atoms with E-state index < -0.39 is 0 Å². The molecule has 0 fully saturated rings. The highest BCUT2D eigenvalue weighted by atomic mass is 15.0. The van der Waals surface area contributed by atoms with E-state index in [1.54, 1.807) is 0 Å². The van der Waals surface area contributed by atoms with E-state index in [-0.39, 0.29) is 0 Å². The summed E-state index contributed by atoms with van der Waals surface area (Å²) < 4.78 is 0. The molecule has 0 radical (unpaired) electrons. The van der Waals surface area contributed by atoms with Gasteiger partial charge in [0.15, 0.2) is 0 Å². The predicted octanol–water partition coefficient (Wildman–Crippen LogP) is 1.16. The van der Waals surface area contributed by atoms with Crippen molar-refractivity contribution in [3.8, 4) is 0 Å². The third-order valence-corrected chi connectivity index (χ3v) is 0.770. The first-order valence-corrected chi connectivity index (χ1v) is 2.70. The van der Waals surface area contributed by atoms with Gasteiger partial charge in [-0.05, 0) is 13.1 Å². The van der Waals surface area contributed by atoms with Crippen molar-refractivity contribution in [3.05, 3.63) is 12.4 Å². The molecule has 0 aliphatic rings. The largest absolute Gasteiger partial charge is 0.371 e. The fourth-order valence-electron chi connectivity index (χ4n) is 0.325. The van der Waals surface area contributed by atoms with Crippen LogP contribution in [0.15, 0.2) is 17.4 Å². The molecular weight excluding hydrogens is 100 g/mol. The van der Waals surface area contributed by atoms with Crippen molar-refractivity contribution >= 4 is 6.72 Å². The molecule has 0 saturated heterocycles. The van der Waals surface area contributed by atoms with Gasteiger partial charge in [0.2, 0.25) is 0 Å². The summed E-state index contributed by atoms with van der Waals surface area (Å²) in [6.45, 7) is 9.89. The second-order valence-corrected chi connectivity index (χ2v) is 1.53. The average Bonchev–Trinajstić information content (AvgIpc) is 1.83. The average molecular weight is 112 g/mol. The molecule has 0 heterocycles. The zero-order valence-electron chi connectivity index (χ0n) is 5.28. The Kier molecular flexibility index (Phi) is 3.94. The number of hydrogen-bond acceptors (Lipinski definition) is 2. The Balaban J connectivity index is 3.11. The fraction of sp³-hybridized carbons (Fsp3) is 0.500. The van der Waals surface area contributed by atoms with E-state index in [1.165, 1.54) is 0 Å². The van der Waals surface area contributed by atoms with Crippen LogP contribution in [0.3, 0.4) is 0 Å². The second-order valence-electron chi connectivity index (χ2n) is 1.53. The van der Waals surface area contributed by atoms with Crippen LogP contribution >= 0.6 is 0 Å². The zero-order chi connectivity index (χ0) is 6.41. The lowest BCUT2D eigenvalue weighted by Crippen LogP contribution is -2.10. The molecule has 0 aromatic carbocycles. The maximum Gasteiger partial charge on any atom is 0.117 e. The monoisotopic (exact) mass is 112 g/mol. The summed E-state index contributed by atoms with van der Waals surface area (Å²) >= 11 is 0. The number of aliphatic imine (C=N–C) groups is 1. The zero-order valence-corrected chi connectivity index (χ0v) is 5.28. The summed E-state index contributed by atoms with van der Waals surface area (Å²) in [4.78, 5) is 3.57. The second kappa shape index (κ2) is 4.37. The quantitative estimate of drug-likeness (QED) is 0.542. The van der Waals surface area contributed by atoms with Crippen molar-refractivity contribution in [1.82, 2.24) is 5.32 Å². The predicted molar refractivity (Wildman–Crippen MR) is 37.0 cm³/mol. The molecule has 0 atom stereocenters. The molecule has 0 aromatic rings. The molecule has 0 rings (SSSR count). The first-order valence-electron chi connectivity index (χ1n) is 2.70. The van der Waals surface area contributed by atoms with Crippen molar-refractivity contribution in [2.75, 3.05) is 6.54 Å². The Labute approximate surface area is 50.3 Å². The van der Waals surface area contributed by atoms with Crippen molar-refractivity contribution < 1.29 is 0 Å². The van der Waals surface area contributed by atoms with Crippen LogP contribution in [0.5, 0.6) is 0 Å². The lowest BCUT2D eigenvalue weighted by Gasteiger charge is -1.99. The standard InChI is InChI=1S/C6H12N2/c1-4-5-8-6(2)7-3/h8H,2-5H2,1H3. The highest BCUT2D eigenvalue weighted by molar-refractivity contribution is 5.27. The van der Waals surface area contributed by atoms with Crippen molar-refractivity contribution in [2.24, 2.45) is 4.99 Å². The molecule has 0 bridgehead atoms. The Morgan fingerprint density at radius 1 is 1.75 bits per heavy atom. The van der Waals surface area contributed by atoms with Crippen LogP contribution in [-0.2, 0) is 0 Å². The highest BCUT2D eigenvalue weighted by Gasteiger charge is 1.80. The van der Waals surface area contributed by atoms with E-state index in [4.69, 9.17) is 0 Å². The first-order chi connectivity index (χ1) is 3.81. The van der Waals surface area contributed by atoms with Gasteiger partial charge in [-0.2, -0.15) is 0 Å².